The van der Waals surface area contributed by atoms with Crippen LogP contribution < -0.4 is 10.2 Å². The van der Waals surface area contributed by atoms with Gasteiger partial charge in [0, 0.05) is 49.3 Å². The van der Waals surface area contributed by atoms with E-state index in [2.05, 4.69) is 33.2 Å². The van der Waals surface area contributed by atoms with E-state index in [1.807, 2.05) is 24.3 Å². The number of pyridine rings is 2. The molecule has 3 aromatic heterocycles. The Morgan fingerprint density at radius 3 is 2.65 bits per heavy atom. The zero-order chi connectivity index (χ0) is 23.4. The summed E-state index contributed by atoms with van der Waals surface area (Å²) in [5.41, 5.74) is 1.58. The van der Waals surface area contributed by atoms with Gasteiger partial charge in [-0.15, -0.1) is 11.3 Å². The van der Waals surface area contributed by atoms with Gasteiger partial charge in [-0.3, -0.25) is 4.90 Å². The molecular formula is C24H24N6O2S2. The van der Waals surface area contributed by atoms with Crippen LogP contribution in [0.3, 0.4) is 0 Å². The Morgan fingerprint density at radius 2 is 1.88 bits per heavy atom. The minimum absolute atomic E-state index is 0.286. The number of likely N-dealkylation sites (N-methyl/N-ethyl adjacent to an activating group) is 1. The molecule has 0 radical (unpaired) electrons. The summed E-state index contributed by atoms with van der Waals surface area (Å²) in [7, 11) is -1.08. The average molecular weight is 493 g/mol. The van der Waals surface area contributed by atoms with E-state index in [1.54, 1.807) is 24.4 Å². The third kappa shape index (κ3) is 3.91. The maximum Gasteiger partial charge on any atom is 0.175 e. The third-order valence-corrected chi connectivity index (χ3v) is 8.75. The summed E-state index contributed by atoms with van der Waals surface area (Å²) in [6.07, 6.45) is 4.20. The Balaban J connectivity index is 1.25. The zero-order valence-corrected chi connectivity index (χ0v) is 20.5. The number of benzene rings is 1. The van der Waals surface area contributed by atoms with E-state index in [1.165, 1.54) is 24.0 Å². The first-order chi connectivity index (χ1) is 16.3. The number of nitrogens with zero attached hydrogens (tertiary/aromatic N) is 5. The fourth-order valence-corrected chi connectivity index (χ4v) is 6.40. The molecule has 174 valence electrons. The van der Waals surface area contributed by atoms with Gasteiger partial charge in [0.05, 0.1) is 15.1 Å². The van der Waals surface area contributed by atoms with Gasteiger partial charge in [-0.2, -0.15) is 0 Å². The molecule has 4 aromatic rings. The summed E-state index contributed by atoms with van der Waals surface area (Å²) in [6, 6.07) is 16.0. The highest BCUT2D eigenvalue weighted by molar-refractivity contribution is 7.90. The van der Waals surface area contributed by atoms with E-state index in [4.69, 9.17) is 9.97 Å². The first kappa shape index (κ1) is 21.5. The monoisotopic (exact) mass is 492 g/mol. The number of likely N-dealkylation sites (tertiary alicyclic amines) is 1. The van der Waals surface area contributed by atoms with Crippen LogP contribution in [0.2, 0.25) is 0 Å². The smallest absolute Gasteiger partial charge is 0.175 e. The fraction of sp³-hybridized carbons (Fsp3) is 0.292. The lowest BCUT2D eigenvalue weighted by Crippen LogP contribution is -2.44. The highest BCUT2D eigenvalue weighted by Crippen LogP contribution is 2.34. The third-order valence-electron chi connectivity index (χ3n) is 6.58. The Bertz CT molecular complexity index is 1500. The van der Waals surface area contributed by atoms with Crippen molar-refractivity contribution in [3.8, 4) is 10.6 Å². The molecule has 2 atom stereocenters. The Kier molecular flexibility index (Phi) is 5.05. The molecule has 2 bridgehead atoms. The van der Waals surface area contributed by atoms with Crippen molar-refractivity contribution < 1.29 is 8.42 Å². The number of nitrogens with one attached hydrogen (secondary N) is 1. The van der Waals surface area contributed by atoms with E-state index < -0.39 is 9.84 Å². The van der Waals surface area contributed by atoms with Gasteiger partial charge in [-0.25, -0.2) is 23.4 Å². The number of rotatable bonds is 5. The maximum atomic E-state index is 11.9. The van der Waals surface area contributed by atoms with Crippen LogP contribution in [0.4, 0.5) is 17.5 Å². The number of hydrogen-bond acceptors (Lipinski definition) is 9. The molecule has 1 N–H and O–H groups in total. The molecule has 1 aromatic carbocycles. The lowest BCUT2D eigenvalue weighted by Gasteiger charge is -2.32. The van der Waals surface area contributed by atoms with Crippen molar-refractivity contribution in [2.45, 2.75) is 23.4 Å². The van der Waals surface area contributed by atoms with Crippen LogP contribution in [0.25, 0.3) is 20.8 Å². The van der Waals surface area contributed by atoms with Gasteiger partial charge in [0.1, 0.15) is 22.5 Å². The number of sulfone groups is 1. The Labute approximate surface area is 202 Å². The van der Waals surface area contributed by atoms with Crippen molar-refractivity contribution in [1.29, 1.82) is 0 Å². The number of fused-ring (bicyclic) bond motifs is 3. The first-order valence-corrected chi connectivity index (χ1v) is 13.8. The van der Waals surface area contributed by atoms with Gasteiger partial charge in [0.2, 0.25) is 0 Å². The van der Waals surface area contributed by atoms with Crippen molar-refractivity contribution in [3.05, 3.63) is 54.7 Å². The second-order valence-corrected chi connectivity index (χ2v) is 12.0. The summed E-state index contributed by atoms with van der Waals surface area (Å²) in [4.78, 5) is 19.2. The van der Waals surface area contributed by atoms with Crippen LogP contribution in [0.15, 0.2) is 59.6 Å². The van der Waals surface area contributed by atoms with Gasteiger partial charge in [0.15, 0.2) is 9.84 Å². The highest BCUT2D eigenvalue weighted by atomic mass is 32.2. The molecule has 6 rings (SSSR count). The van der Waals surface area contributed by atoms with E-state index in [0.29, 0.717) is 17.9 Å². The molecular weight excluding hydrogens is 468 g/mol. The summed E-state index contributed by atoms with van der Waals surface area (Å²) in [5.74, 6) is 2.41. The van der Waals surface area contributed by atoms with Crippen LogP contribution in [0.5, 0.6) is 0 Å². The molecule has 0 aliphatic carbocycles. The van der Waals surface area contributed by atoms with E-state index in [9.17, 15) is 8.42 Å². The van der Waals surface area contributed by atoms with Crippen molar-refractivity contribution in [1.82, 2.24) is 19.9 Å². The Hall–Kier alpha value is -3.08. The molecule has 0 unspecified atom stereocenters. The van der Waals surface area contributed by atoms with Crippen LogP contribution in [-0.4, -0.2) is 66.7 Å². The molecule has 8 nitrogen and oxygen atoms in total. The molecule has 0 spiro atoms. The molecule has 2 aliphatic heterocycles. The molecule has 5 heterocycles. The number of aromatic nitrogens is 3. The first-order valence-electron chi connectivity index (χ1n) is 11.1. The van der Waals surface area contributed by atoms with Crippen molar-refractivity contribution in [2.24, 2.45) is 0 Å². The summed E-state index contributed by atoms with van der Waals surface area (Å²) < 4.78 is 24.8. The topological polar surface area (TPSA) is 91.3 Å². The standard InChI is InChI=1S/C24H24N6O2S2/c1-29-13-17-10-16(29)14-30(17)23-8-4-7-21(28-23)27-22-11-19-20(12-25-22)33-24(26-19)15-5-3-6-18(9-15)34(2,31)32/h3-9,11-12,16-17H,10,13-14H2,1-2H3,(H,25,27,28)/t16-,17-/m0/s1. The molecule has 2 fully saturated rings. The number of piperazine rings is 1. The molecule has 2 saturated heterocycles. The number of anilines is 3. The molecule has 10 heteroatoms. The van der Waals surface area contributed by atoms with Crippen LogP contribution in [0, 0.1) is 0 Å². The number of thiazole rings is 1. The molecule has 2 aliphatic rings. The number of hydrogen-bond donors (Lipinski definition) is 1. The van der Waals surface area contributed by atoms with E-state index in [-0.39, 0.29) is 4.90 Å². The van der Waals surface area contributed by atoms with E-state index >= 15 is 0 Å². The quantitative estimate of drug-likeness (QED) is 0.450. The van der Waals surface area contributed by atoms with Gasteiger partial charge < -0.3 is 10.2 Å². The second kappa shape index (κ2) is 8.00. The van der Waals surface area contributed by atoms with Crippen LogP contribution in [0.1, 0.15) is 6.42 Å². The fourth-order valence-electron chi connectivity index (χ4n) is 4.82. The second-order valence-electron chi connectivity index (χ2n) is 9.00. The van der Waals surface area contributed by atoms with E-state index in [0.717, 1.165) is 45.5 Å². The SMILES string of the molecule is CN1C[C@@H]2C[C@H]1CN2c1cccc(Nc2cc3nc(-c4cccc(S(C)(=O)=O)c4)sc3cn2)n1. The minimum Gasteiger partial charge on any atom is -0.351 e. The highest BCUT2D eigenvalue weighted by Gasteiger charge is 2.41. The summed E-state index contributed by atoms with van der Waals surface area (Å²) in [6.45, 7) is 2.10. The van der Waals surface area contributed by atoms with Crippen molar-refractivity contribution in [2.75, 3.05) is 36.6 Å². The van der Waals surface area contributed by atoms with Gasteiger partial charge in [0.25, 0.3) is 0 Å². The largest absolute Gasteiger partial charge is 0.351 e. The average Bonchev–Trinajstić information content (AvgIpc) is 3.52. The maximum absolute atomic E-state index is 11.9. The normalized spacial score (nSPS) is 20.4. The van der Waals surface area contributed by atoms with Gasteiger partial charge >= 0.3 is 0 Å². The molecule has 34 heavy (non-hydrogen) atoms. The van der Waals surface area contributed by atoms with Crippen molar-refractivity contribution >= 4 is 48.8 Å². The van der Waals surface area contributed by atoms with Crippen LogP contribution in [-0.2, 0) is 9.84 Å². The molecule has 0 amide bonds. The molecule has 0 saturated carbocycles. The predicted octanol–water partition coefficient (Wildman–Crippen LogP) is 3.79. The van der Waals surface area contributed by atoms with Gasteiger partial charge in [-0.1, -0.05) is 18.2 Å². The summed E-state index contributed by atoms with van der Waals surface area (Å²) in [5, 5.41) is 4.07. The zero-order valence-electron chi connectivity index (χ0n) is 18.8. The van der Waals surface area contributed by atoms with Crippen molar-refractivity contribution in [3.63, 3.8) is 0 Å². The minimum atomic E-state index is -3.28. The Morgan fingerprint density at radius 1 is 1.03 bits per heavy atom. The predicted molar refractivity (Wildman–Crippen MR) is 136 cm³/mol. The lowest BCUT2D eigenvalue weighted by atomic mass is 10.2. The van der Waals surface area contributed by atoms with Crippen LogP contribution >= 0.6 is 11.3 Å². The van der Waals surface area contributed by atoms with Gasteiger partial charge in [-0.05, 0) is 37.7 Å². The lowest BCUT2D eigenvalue weighted by molar-refractivity contribution is 0.292. The summed E-state index contributed by atoms with van der Waals surface area (Å²) >= 11 is 1.49.